The summed E-state index contributed by atoms with van der Waals surface area (Å²) in [5.41, 5.74) is 0.592. The van der Waals surface area contributed by atoms with Gasteiger partial charge in [-0.25, -0.2) is 13.2 Å². The van der Waals surface area contributed by atoms with Crippen LogP contribution >= 0.6 is 23.2 Å². The third-order valence-electron chi connectivity index (χ3n) is 5.04. The topological polar surface area (TPSA) is 87.2 Å². The highest BCUT2D eigenvalue weighted by molar-refractivity contribution is 7.92. The fourth-order valence-electron chi connectivity index (χ4n) is 3.45. The van der Waals surface area contributed by atoms with Crippen molar-refractivity contribution in [3.63, 3.8) is 0 Å². The molecule has 1 heterocycles. The highest BCUT2D eigenvalue weighted by atomic mass is 35.5. The zero-order chi connectivity index (χ0) is 22.6. The van der Waals surface area contributed by atoms with Gasteiger partial charge in [0.05, 0.1) is 23.2 Å². The molecule has 0 saturated carbocycles. The highest BCUT2D eigenvalue weighted by Gasteiger charge is 2.32. The van der Waals surface area contributed by atoms with E-state index in [1.54, 1.807) is 24.0 Å². The molecule has 1 atom stereocenters. The van der Waals surface area contributed by atoms with Crippen LogP contribution in [-0.4, -0.2) is 50.3 Å². The predicted octanol–water partition coefficient (Wildman–Crippen LogP) is 4.94. The van der Waals surface area contributed by atoms with Gasteiger partial charge in [0.15, 0.2) is 0 Å². The van der Waals surface area contributed by atoms with E-state index in [4.69, 9.17) is 27.9 Å². The molecule has 0 radical (unpaired) electrons. The van der Waals surface area contributed by atoms with Crippen molar-refractivity contribution >= 4 is 45.0 Å². The molecule has 10 heteroatoms. The average molecular weight is 503 g/mol. The van der Waals surface area contributed by atoms with Crippen LogP contribution in [0.1, 0.15) is 32.8 Å². The van der Waals surface area contributed by atoms with Gasteiger partial charge in [-0.1, -0.05) is 36.7 Å². The van der Waals surface area contributed by atoms with Crippen molar-refractivity contribution in [3.05, 3.63) is 58.1 Å². The predicted molar refractivity (Wildman–Crippen MR) is 127 cm³/mol. The van der Waals surface area contributed by atoms with Gasteiger partial charge >= 0.3 is 6.09 Å². The molecular formula is C22H28Cl2N2O5S. The standard InChI is InChI=1S/C21H24Cl2N2O5S.CH4/c1-15(14-30-21(27)24-10-2-3-11-24)25(20-12-18(23)5-4-16(20)13-26)31(28,29)19-8-6-17(22)7-9-19;/h4-9,12,15,26H,2-3,10-11,13-14H2,1H3;1H4/t15-;/m1./s1. The first kappa shape index (κ1) is 26.3. The second kappa shape index (κ2) is 11.2. The number of aliphatic hydroxyl groups excluding tert-OH is 1. The summed E-state index contributed by atoms with van der Waals surface area (Å²) in [6.07, 6.45) is 1.37. The third kappa shape index (κ3) is 5.86. The van der Waals surface area contributed by atoms with E-state index in [0.717, 1.165) is 17.1 Å². The lowest BCUT2D eigenvalue weighted by Gasteiger charge is -2.32. The summed E-state index contributed by atoms with van der Waals surface area (Å²) in [6, 6.07) is 9.60. The SMILES string of the molecule is C.C[C@H](COC(=O)N1CCCC1)N(c1cc(Cl)ccc1CO)S(=O)(=O)c1ccc(Cl)cc1. The maximum Gasteiger partial charge on any atom is 0.409 e. The number of rotatable bonds is 7. The van der Waals surface area contributed by atoms with E-state index in [9.17, 15) is 18.3 Å². The first-order chi connectivity index (χ1) is 14.7. The van der Waals surface area contributed by atoms with Crippen LogP contribution in [0, 0.1) is 0 Å². The number of anilines is 1. The molecule has 1 amide bonds. The third-order valence-corrected chi connectivity index (χ3v) is 7.47. The lowest BCUT2D eigenvalue weighted by molar-refractivity contribution is 0.107. The Kier molecular flexibility index (Phi) is 9.21. The van der Waals surface area contributed by atoms with Gasteiger partial charge in [0.2, 0.25) is 0 Å². The molecule has 3 rings (SSSR count). The summed E-state index contributed by atoms with van der Waals surface area (Å²) in [6.45, 7) is 2.33. The summed E-state index contributed by atoms with van der Waals surface area (Å²) in [4.78, 5) is 13.9. The van der Waals surface area contributed by atoms with Gasteiger partial charge < -0.3 is 14.7 Å². The Morgan fingerprint density at radius 2 is 1.72 bits per heavy atom. The number of benzene rings is 2. The van der Waals surface area contributed by atoms with Crippen molar-refractivity contribution in [1.82, 2.24) is 4.90 Å². The Morgan fingerprint density at radius 1 is 1.12 bits per heavy atom. The molecular weight excluding hydrogens is 475 g/mol. The number of ether oxygens (including phenoxy) is 1. The van der Waals surface area contributed by atoms with E-state index < -0.39 is 22.2 Å². The van der Waals surface area contributed by atoms with Crippen molar-refractivity contribution in [3.8, 4) is 0 Å². The maximum atomic E-state index is 13.6. The van der Waals surface area contributed by atoms with Crippen LogP contribution in [0.2, 0.25) is 10.0 Å². The van der Waals surface area contributed by atoms with Crippen LogP contribution in [-0.2, 0) is 21.4 Å². The molecule has 0 aliphatic carbocycles. The molecule has 1 fully saturated rings. The number of sulfonamides is 1. The number of hydrogen-bond donors (Lipinski definition) is 1. The van der Waals surface area contributed by atoms with E-state index in [2.05, 4.69) is 0 Å². The maximum absolute atomic E-state index is 13.6. The monoisotopic (exact) mass is 502 g/mol. The van der Waals surface area contributed by atoms with Gasteiger partial charge in [0.25, 0.3) is 10.0 Å². The van der Waals surface area contributed by atoms with Gasteiger partial charge in [0, 0.05) is 28.7 Å². The molecule has 1 aliphatic rings. The summed E-state index contributed by atoms with van der Waals surface area (Å²) in [5, 5.41) is 10.5. The normalized spacial score (nSPS) is 14.6. The smallest absolute Gasteiger partial charge is 0.409 e. The molecule has 0 unspecified atom stereocenters. The van der Waals surface area contributed by atoms with E-state index in [0.29, 0.717) is 28.7 Å². The van der Waals surface area contributed by atoms with Crippen molar-refractivity contribution in [2.75, 3.05) is 24.0 Å². The minimum absolute atomic E-state index is 0. The number of aliphatic hydroxyl groups is 1. The largest absolute Gasteiger partial charge is 0.447 e. The number of carbonyl (C=O) groups excluding carboxylic acids is 1. The molecule has 2 aromatic carbocycles. The molecule has 1 aliphatic heterocycles. The second-order valence-corrected chi connectivity index (χ2v) is 9.99. The number of likely N-dealkylation sites (tertiary alicyclic amines) is 1. The molecule has 0 aromatic heterocycles. The number of hydrogen-bond acceptors (Lipinski definition) is 5. The molecule has 0 spiro atoms. The first-order valence-electron chi connectivity index (χ1n) is 9.85. The summed E-state index contributed by atoms with van der Waals surface area (Å²) in [5.74, 6) is 0. The van der Waals surface area contributed by atoms with E-state index >= 15 is 0 Å². The van der Waals surface area contributed by atoms with E-state index in [-0.39, 0.29) is 31.2 Å². The average Bonchev–Trinajstić information content (AvgIpc) is 3.27. The van der Waals surface area contributed by atoms with Crippen molar-refractivity contribution in [2.24, 2.45) is 0 Å². The highest BCUT2D eigenvalue weighted by Crippen LogP contribution is 2.32. The fraction of sp³-hybridized carbons (Fsp3) is 0.409. The van der Waals surface area contributed by atoms with E-state index in [1.165, 1.54) is 30.3 Å². The number of halogens is 2. The van der Waals surface area contributed by atoms with Gasteiger partial charge in [-0.2, -0.15) is 0 Å². The molecule has 1 N–H and O–H groups in total. The quantitative estimate of drug-likeness (QED) is 0.579. The number of nitrogens with zero attached hydrogens (tertiary/aromatic N) is 2. The number of carbonyl (C=O) groups is 1. The van der Waals surface area contributed by atoms with Crippen LogP contribution < -0.4 is 4.31 Å². The van der Waals surface area contributed by atoms with Gasteiger partial charge in [-0.3, -0.25) is 4.31 Å². The van der Waals surface area contributed by atoms with Crippen molar-refractivity contribution in [2.45, 2.75) is 44.7 Å². The second-order valence-electron chi connectivity index (χ2n) is 7.31. The zero-order valence-electron chi connectivity index (χ0n) is 17.0. The van der Waals surface area contributed by atoms with Crippen LogP contribution in [0.4, 0.5) is 10.5 Å². The van der Waals surface area contributed by atoms with Crippen molar-refractivity contribution < 1.29 is 23.1 Å². The first-order valence-corrected chi connectivity index (χ1v) is 12.0. The van der Waals surface area contributed by atoms with Crippen molar-refractivity contribution in [1.29, 1.82) is 0 Å². The Labute approximate surface area is 199 Å². The van der Waals surface area contributed by atoms with Crippen LogP contribution in [0.5, 0.6) is 0 Å². The summed E-state index contributed by atoms with van der Waals surface area (Å²) in [7, 11) is -4.09. The molecule has 32 heavy (non-hydrogen) atoms. The summed E-state index contributed by atoms with van der Waals surface area (Å²) < 4.78 is 33.7. The minimum atomic E-state index is -4.09. The van der Waals surface area contributed by atoms with Crippen LogP contribution in [0.15, 0.2) is 47.4 Å². The van der Waals surface area contributed by atoms with Gasteiger partial charge in [-0.05, 0) is 56.2 Å². The van der Waals surface area contributed by atoms with Gasteiger partial charge in [-0.15, -0.1) is 0 Å². The van der Waals surface area contributed by atoms with Crippen LogP contribution in [0.3, 0.4) is 0 Å². The Bertz CT molecular complexity index is 1030. The lowest BCUT2D eigenvalue weighted by Crippen LogP contribution is -2.43. The number of amides is 1. The molecule has 176 valence electrons. The molecule has 2 aromatic rings. The Morgan fingerprint density at radius 3 is 2.31 bits per heavy atom. The lowest BCUT2D eigenvalue weighted by atomic mass is 10.1. The van der Waals surface area contributed by atoms with Crippen LogP contribution in [0.25, 0.3) is 0 Å². The fourth-order valence-corrected chi connectivity index (χ4v) is 5.41. The van der Waals surface area contributed by atoms with E-state index in [1.807, 2.05) is 0 Å². The molecule has 1 saturated heterocycles. The molecule has 0 bridgehead atoms. The summed E-state index contributed by atoms with van der Waals surface area (Å²) >= 11 is 12.1. The zero-order valence-corrected chi connectivity index (χ0v) is 19.3. The Hall–Kier alpha value is -2.00. The van der Waals surface area contributed by atoms with Gasteiger partial charge in [0.1, 0.15) is 6.61 Å². The molecule has 7 nitrogen and oxygen atoms in total. The Balaban J connectivity index is 0.00000363. The minimum Gasteiger partial charge on any atom is -0.447 e.